The maximum absolute atomic E-state index is 12.5. The number of rotatable bonds is 5. The number of carbonyl (C=O) groups excluding carboxylic acids is 1. The van der Waals surface area contributed by atoms with E-state index in [1.165, 1.54) is 6.07 Å². The van der Waals surface area contributed by atoms with Crippen molar-refractivity contribution in [2.24, 2.45) is 5.73 Å². The molecular weight excluding hydrogens is 366 g/mol. The van der Waals surface area contributed by atoms with Gasteiger partial charge in [0, 0.05) is 28.4 Å². The molecule has 0 aromatic heterocycles. The van der Waals surface area contributed by atoms with Crippen LogP contribution in [0.5, 0.6) is 0 Å². The highest BCUT2D eigenvalue weighted by molar-refractivity contribution is 6.05. The molecule has 1 saturated carbocycles. The second-order valence-electron chi connectivity index (χ2n) is 7.25. The van der Waals surface area contributed by atoms with Crippen LogP contribution in [0.4, 0.5) is 16.2 Å². The Kier molecular flexibility index (Phi) is 4.78. The van der Waals surface area contributed by atoms with Crippen molar-refractivity contribution in [3.05, 3.63) is 95.6 Å². The second-order valence-corrected chi connectivity index (χ2v) is 7.25. The van der Waals surface area contributed by atoms with E-state index >= 15 is 0 Å². The van der Waals surface area contributed by atoms with Gasteiger partial charge in [-0.1, -0.05) is 48.5 Å². The molecule has 5 N–H and O–H groups in total. The summed E-state index contributed by atoms with van der Waals surface area (Å²) in [6.07, 6.45) is -0.281. The first-order valence-electron chi connectivity index (χ1n) is 9.31. The maximum atomic E-state index is 12.5. The highest BCUT2D eigenvalue weighted by Crippen LogP contribution is 2.56. The molecule has 146 valence electrons. The van der Waals surface area contributed by atoms with E-state index in [0.717, 1.165) is 17.5 Å². The molecule has 2 atom stereocenters. The lowest BCUT2D eigenvalue weighted by atomic mass is 9.99. The zero-order valence-corrected chi connectivity index (χ0v) is 15.6. The van der Waals surface area contributed by atoms with E-state index in [-0.39, 0.29) is 17.4 Å². The first-order valence-corrected chi connectivity index (χ1v) is 9.31. The fourth-order valence-electron chi connectivity index (χ4n) is 3.63. The number of anilines is 2. The molecule has 0 saturated heterocycles. The molecule has 2 amide bonds. The van der Waals surface area contributed by atoms with E-state index in [1.54, 1.807) is 18.2 Å². The van der Waals surface area contributed by atoms with Gasteiger partial charge in [0.15, 0.2) is 0 Å². The van der Waals surface area contributed by atoms with Crippen molar-refractivity contribution in [2.75, 3.05) is 10.6 Å². The standard InChI is InChI=1S/C23H21N3O3/c24-23(17-6-2-1-3-7-17)14-20(23)15-9-11-18(12-10-15)25-21(27)16-5-4-8-19(13-16)26-22(28)29/h1-13,20,26H,14,24H2,(H,25,27)(H,28,29). The minimum atomic E-state index is -1.18. The van der Waals surface area contributed by atoms with Gasteiger partial charge in [-0.3, -0.25) is 10.1 Å². The molecule has 1 aliphatic carbocycles. The second kappa shape index (κ2) is 7.41. The van der Waals surface area contributed by atoms with Gasteiger partial charge in [-0.05, 0) is 47.9 Å². The van der Waals surface area contributed by atoms with Crippen molar-refractivity contribution in [3.8, 4) is 0 Å². The molecule has 0 aliphatic heterocycles. The third-order valence-corrected chi connectivity index (χ3v) is 5.26. The lowest BCUT2D eigenvalue weighted by molar-refractivity contribution is 0.102. The normalized spacial score (nSPS) is 20.0. The minimum absolute atomic E-state index is 0.258. The fraction of sp³-hybridized carbons (Fsp3) is 0.130. The number of amides is 2. The van der Waals surface area contributed by atoms with Gasteiger partial charge in [0.25, 0.3) is 5.91 Å². The van der Waals surface area contributed by atoms with Crippen LogP contribution in [0.3, 0.4) is 0 Å². The first kappa shape index (κ1) is 18.7. The Hall–Kier alpha value is -3.64. The Morgan fingerprint density at radius 1 is 0.897 bits per heavy atom. The molecule has 0 heterocycles. The Bertz CT molecular complexity index is 1050. The van der Waals surface area contributed by atoms with Crippen LogP contribution in [0.1, 0.15) is 33.8 Å². The number of carbonyl (C=O) groups is 2. The third-order valence-electron chi connectivity index (χ3n) is 5.26. The molecule has 2 unspecified atom stereocenters. The predicted molar refractivity (Wildman–Crippen MR) is 112 cm³/mol. The number of carboxylic acid groups (broad SMARTS) is 1. The molecule has 1 aliphatic rings. The van der Waals surface area contributed by atoms with Crippen molar-refractivity contribution in [1.82, 2.24) is 0 Å². The smallest absolute Gasteiger partial charge is 0.409 e. The molecule has 0 bridgehead atoms. The van der Waals surface area contributed by atoms with Crippen molar-refractivity contribution in [2.45, 2.75) is 17.9 Å². The van der Waals surface area contributed by atoms with E-state index in [0.29, 0.717) is 16.9 Å². The molecule has 0 spiro atoms. The summed E-state index contributed by atoms with van der Waals surface area (Å²) in [4.78, 5) is 23.2. The summed E-state index contributed by atoms with van der Waals surface area (Å²) in [7, 11) is 0. The van der Waals surface area contributed by atoms with Gasteiger partial charge in [-0.2, -0.15) is 0 Å². The highest BCUT2D eigenvalue weighted by Gasteiger charge is 2.52. The molecule has 1 fully saturated rings. The summed E-state index contributed by atoms with van der Waals surface area (Å²) >= 11 is 0. The quantitative estimate of drug-likeness (QED) is 0.522. The summed E-state index contributed by atoms with van der Waals surface area (Å²) in [6.45, 7) is 0. The van der Waals surface area contributed by atoms with E-state index in [1.807, 2.05) is 42.5 Å². The molecule has 6 nitrogen and oxygen atoms in total. The molecule has 29 heavy (non-hydrogen) atoms. The topological polar surface area (TPSA) is 104 Å². The van der Waals surface area contributed by atoms with Crippen LogP contribution in [0.2, 0.25) is 0 Å². The summed E-state index contributed by atoms with van der Waals surface area (Å²) < 4.78 is 0. The van der Waals surface area contributed by atoms with Gasteiger partial charge in [-0.25, -0.2) is 4.79 Å². The molecule has 4 rings (SSSR count). The lowest BCUT2D eigenvalue weighted by Gasteiger charge is -2.13. The van der Waals surface area contributed by atoms with Gasteiger partial charge in [0.2, 0.25) is 0 Å². The van der Waals surface area contributed by atoms with E-state index in [4.69, 9.17) is 10.8 Å². The Morgan fingerprint density at radius 2 is 1.62 bits per heavy atom. The number of hydrogen-bond acceptors (Lipinski definition) is 3. The molecular formula is C23H21N3O3. The fourth-order valence-corrected chi connectivity index (χ4v) is 3.63. The van der Waals surface area contributed by atoms with Gasteiger partial charge < -0.3 is 16.2 Å². The van der Waals surface area contributed by atoms with Crippen LogP contribution >= 0.6 is 0 Å². The number of nitrogens with two attached hydrogens (primary N) is 1. The maximum Gasteiger partial charge on any atom is 0.409 e. The average molecular weight is 387 g/mol. The minimum Gasteiger partial charge on any atom is -0.465 e. The van der Waals surface area contributed by atoms with Crippen LogP contribution < -0.4 is 16.4 Å². The van der Waals surface area contributed by atoms with Crippen LogP contribution in [-0.2, 0) is 5.54 Å². The van der Waals surface area contributed by atoms with Crippen LogP contribution in [0, 0.1) is 0 Å². The zero-order chi connectivity index (χ0) is 20.4. The molecule has 6 heteroatoms. The van der Waals surface area contributed by atoms with Gasteiger partial charge in [0.1, 0.15) is 0 Å². The van der Waals surface area contributed by atoms with Crippen molar-refractivity contribution in [1.29, 1.82) is 0 Å². The van der Waals surface area contributed by atoms with E-state index in [9.17, 15) is 9.59 Å². The van der Waals surface area contributed by atoms with Crippen molar-refractivity contribution >= 4 is 23.4 Å². The number of nitrogens with one attached hydrogen (secondary N) is 2. The largest absolute Gasteiger partial charge is 0.465 e. The summed E-state index contributed by atoms with van der Waals surface area (Å²) in [5.41, 5.74) is 9.89. The Balaban J connectivity index is 1.43. The van der Waals surface area contributed by atoms with Gasteiger partial charge in [0.05, 0.1) is 0 Å². The third kappa shape index (κ3) is 3.97. The summed E-state index contributed by atoms with van der Waals surface area (Å²) in [5, 5.41) is 13.9. The summed E-state index contributed by atoms with van der Waals surface area (Å²) in [5.74, 6) is -0.0518. The number of hydrogen-bond donors (Lipinski definition) is 4. The van der Waals surface area contributed by atoms with E-state index in [2.05, 4.69) is 22.8 Å². The predicted octanol–water partition coefficient (Wildman–Crippen LogP) is 4.37. The first-order chi connectivity index (χ1) is 14.0. The molecule has 0 radical (unpaired) electrons. The monoisotopic (exact) mass is 387 g/mol. The molecule has 3 aromatic rings. The zero-order valence-electron chi connectivity index (χ0n) is 15.6. The van der Waals surface area contributed by atoms with Crippen LogP contribution in [-0.4, -0.2) is 17.1 Å². The van der Waals surface area contributed by atoms with Crippen molar-refractivity contribution < 1.29 is 14.7 Å². The molecule has 3 aromatic carbocycles. The Morgan fingerprint density at radius 3 is 2.31 bits per heavy atom. The van der Waals surface area contributed by atoms with Crippen LogP contribution in [0.25, 0.3) is 0 Å². The average Bonchev–Trinajstić information content (AvgIpc) is 3.42. The van der Waals surface area contributed by atoms with Crippen LogP contribution in [0.15, 0.2) is 78.9 Å². The number of benzene rings is 3. The summed E-state index contributed by atoms with van der Waals surface area (Å²) in [6, 6.07) is 24.1. The SMILES string of the molecule is NC1(c2ccccc2)CC1c1ccc(NC(=O)c2cccc(NC(=O)O)c2)cc1. The highest BCUT2D eigenvalue weighted by atomic mass is 16.4. The van der Waals surface area contributed by atoms with Gasteiger partial charge in [-0.15, -0.1) is 0 Å². The van der Waals surface area contributed by atoms with E-state index < -0.39 is 6.09 Å². The Labute approximate surface area is 168 Å². The van der Waals surface area contributed by atoms with Gasteiger partial charge >= 0.3 is 6.09 Å². The lowest BCUT2D eigenvalue weighted by Crippen LogP contribution is -2.21. The van der Waals surface area contributed by atoms with Crippen molar-refractivity contribution in [3.63, 3.8) is 0 Å².